The van der Waals surface area contributed by atoms with Gasteiger partial charge in [-0.3, -0.25) is 4.79 Å². The van der Waals surface area contributed by atoms with E-state index in [2.05, 4.69) is 15.0 Å². The van der Waals surface area contributed by atoms with Gasteiger partial charge in [0, 0.05) is 37.7 Å². The van der Waals surface area contributed by atoms with Crippen LogP contribution in [0.1, 0.15) is 37.3 Å². The van der Waals surface area contributed by atoms with Crippen molar-refractivity contribution in [2.75, 3.05) is 18.0 Å². The van der Waals surface area contributed by atoms with Crippen molar-refractivity contribution >= 4 is 17.1 Å². The smallest absolute Gasteiger partial charge is 0.298 e. The van der Waals surface area contributed by atoms with Crippen LogP contribution >= 0.6 is 0 Å². The van der Waals surface area contributed by atoms with Crippen LogP contribution in [0.3, 0.4) is 0 Å². The fourth-order valence-electron chi connectivity index (χ4n) is 3.77. The Labute approximate surface area is 155 Å². The molecule has 1 saturated heterocycles. The summed E-state index contributed by atoms with van der Waals surface area (Å²) in [7, 11) is 0. The van der Waals surface area contributed by atoms with Gasteiger partial charge in [-0.25, -0.2) is 9.07 Å². The summed E-state index contributed by atoms with van der Waals surface area (Å²) >= 11 is 0. The van der Waals surface area contributed by atoms with Crippen molar-refractivity contribution < 1.29 is 8.81 Å². The first-order valence-corrected chi connectivity index (χ1v) is 9.55. The summed E-state index contributed by atoms with van der Waals surface area (Å²) in [6.45, 7) is 2.26. The van der Waals surface area contributed by atoms with E-state index < -0.39 is 0 Å². The number of fused-ring (bicyclic) bond motifs is 1. The van der Waals surface area contributed by atoms with Crippen molar-refractivity contribution in [1.29, 1.82) is 0 Å². The highest BCUT2D eigenvalue weighted by molar-refractivity contribution is 5.74. The predicted octanol–water partition coefficient (Wildman–Crippen LogP) is 3.32. The summed E-state index contributed by atoms with van der Waals surface area (Å²) in [5.41, 5.74) is 2.16. The average Bonchev–Trinajstić information content (AvgIpc) is 3.43. The monoisotopic (exact) mass is 368 g/mol. The van der Waals surface area contributed by atoms with Gasteiger partial charge in [0.25, 0.3) is 11.6 Å². The Hall–Kier alpha value is -2.70. The van der Waals surface area contributed by atoms with Crippen molar-refractivity contribution in [3.8, 4) is 0 Å². The third kappa shape index (κ3) is 3.34. The third-order valence-corrected chi connectivity index (χ3v) is 5.54. The number of halogens is 1. The van der Waals surface area contributed by atoms with Crippen LogP contribution in [0, 0.1) is 11.7 Å². The number of anilines is 1. The van der Waals surface area contributed by atoms with Gasteiger partial charge in [0.1, 0.15) is 11.3 Å². The largest absolute Gasteiger partial charge is 0.423 e. The number of hydrogen-bond acceptors (Lipinski definition) is 5. The maximum Gasteiger partial charge on any atom is 0.298 e. The summed E-state index contributed by atoms with van der Waals surface area (Å²) in [6.07, 6.45) is 4.24. The second-order valence-corrected chi connectivity index (χ2v) is 7.59. The topological polar surface area (TPSA) is 64.2 Å². The lowest BCUT2D eigenvalue weighted by Gasteiger charge is -2.30. The van der Waals surface area contributed by atoms with Crippen LogP contribution in [-0.2, 0) is 6.54 Å². The molecule has 0 radical (unpaired) electrons. The first-order valence-electron chi connectivity index (χ1n) is 9.55. The van der Waals surface area contributed by atoms with Gasteiger partial charge in [0.05, 0.1) is 5.69 Å². The number of oxazole rings is 1. The van der Waals surface area contributed by atoms with Crippen molar-refractivity contribution in [2.45, 2.75) is 38.1 Å². The molecule has 0 unspecified atom stereocenters. The summed E-state index contributed by atoms with van der Waals surface area (Å²) in [5, 5.41) is 4.57. The SMILES string of the molecule is O=c1ccc(C2CC2)nn1CC1CCN(c2nc3cc(F)ccc3o2)CC1. The molecular formula is C20H21FN4O2. The van der Waals surface area contributed by atoms with Gasteiger partial charge < -0.3 is 9.32 Å². The molecule has 5 rings (SSSR count). The van der Waals surface area contributed by atoms with E-state index >= 15 is 0 Å². The van der Waals surface area contributed by atoms with Gasteiger partial charge in [0.2, 0.25) is 0 Å². The lowest BCUT2D eigenvalue weighted by Crippen LogP contribution is -2.37. The number of nitrogens with zero attached hydrogens (tertiary/aromatic N) is 4. The van der Waals surface area contributed by atoms with Crippen LogP contribution in [0.25, 0.3) is 11.1 Å². The number of piperidine rings is 1. The predicted molar refractivity (Wildman–Crippen MR) is 99.4 cm³/mol. The molecule has 140 valence electrons. The van der Waals surface area contributed by atoms with Crippen LogP contribution in [0.15, 0.2) is 39.5 Å². The third-order valence-electron chi connectivity index (χ3n) is 5.54. The normalized spacial score (nSPS) is 18.3. The van der Waals surface area contributed by atoms with Crippen LogP contribution in [-0.4, -0.2) is 27.9 Å². The molecule has 1 aliphatic heterocycles. The van der Waals surface area contributed by atoms with E-state index in [0.717, 1.165) is 31.6 Å². The number of aromatic nitrogens is 3. The molecule has 1 saturated carbocycles. The van der Waals surface area contributed by atoms with Gasteiger partial charge in [-0.05, 0) is 49.8 Å². The molecule has 3 aromatic rings. The van der Waals surface area contributed by atoms with Gasteiger partial charge >= 0.3 is 0 Å². The van der Waals surface area contributed by atoms with Gasteiger partial charge in [-0.2, -0.15) is 10.1 Å². The van der Waals surface area contributed by atoms with E-state index in [1.54, 1.807) is 16.8 Å². The molecule has 0 bridgehead atoms. The van der Waals surface area contributed by atoms with E-state index in [1.165, 1.54) is 25.0 Å². The minimum Gasteiger partial charge on any atom is -0.423 e. The maximum absolute atomic E-state index is 13.3. The van der Waals surface area contributed by atoms with Crippen LogP contribution in [0.5, 0.6) is 0 Å². The van der Waals surface area contributed by atoms with Crippen molar-refractivity contribution in [2.24, 2.45) is 5.92 Å². The zero-order chi connectivity index (χ0) is 18.4. The standard InChI is InChI=1S/C20H21FN4O2/c21-15-3-5-18-17(11-15)22-20(27-18)24-9-7-13(8-10-24)12-25-19(26)6-4-16(23-25)14-1-2-14/h3-6,11,13-14H,1-2,7-10,12H2. The van der Waals surface area contributed by atoms with Crippen molar-refractivity contribution in [1.82, 2.24) is 14.8 Å². The minimum atomic E-state index is -0.313. The van der Waals surface area contributed by atoms with E-state index in [0.29, 0.717) is 35.5 Å². The van der Waals surface area contributed by atoms with Crippen molar-refractivity contribution in [3.63, 3.8) is 0 Å². The zero-order valence-electron chi connectivity index (χ0n) is 15.0. The second kappa shape index (κ2) is 6.48. The van der Waals surface area contributed by atoms with E-state index in [9.17, 15) is 9.18 Å². The van der Waals surface area contributed by atoms with E-state index in [1.807, 2.05) is 6.07 Å². The van der Waals surface area contributed by atoms with E-state index in [-0.39, 0.29) is 11.4 Å². The molecule has 2 aromatic heterocycles. The molecule has 0 atom stereocenters. The fourth-order valence-corrected chi connectivity index (χ4v) is 3.77. The first kappa shape index (κ1) is 16.5. The van der Waals surface area contributed by atoms with Crippen LogP contribution in [0.2, 0.25) is 0 Å². The molecule has 6 nitrogen and oxygen atoms in total. The zero-order valence-corrected chi connectivity index (χ0v) is 15.0. The lowest BCUT2D eigenvalue weighted by atomic mass is 9.97. The van der Waals surface area contributed by atoms with Gasteiger partial charge in [0.15, 0.2) is 5.58 Å². The summed E-state index contributed by atoms with van der Waals surface area (Å²) < 4.78 is 20.7. The van der Waals surface area contributed by atoms with Crippen LogP contribution < -0.4 is 10.5 Å². The van der Waals surface area contributed by atoms with Crippen LogP contribution in [0.4, 0.5) is 10.4 Å². The lowest BCUT2D eigenvalue weighted by molar-refractivity contribution is 0.326. The molecule has 1 aliphatic carbocycles. The first-order chi connectivity index (χ1) is 13.2. The quantitative estimate of drug-likeness (QED) is 0.707. The Morgan fingerprint density at radius 2 is 1.93 bits per heavy atom. The number of rotatable bonds is 4. The van der Waals surface area contributed by atoms with Gasteiger partial charge in [-0.15, -0.1) is 0 Å². The Morgan fingerprint density at radius 3 is 2.70 bits per heavy atom. The molecule has 27 heavy (non-hydrogen) atoms. The summed E-state index contributed by atoms with van der Waals surface area (Å²) in [6, 6.07) is 8.44. The highest BCUT2D eigenvalue weighted by Gasteiger charge is 2.27. The van der Waals surface area contributed by atoms with E-state index in [4.69, 9.17) is 4.42 Å². The van der Waals surface area contributed by atoms with Crippen molar-refractivity contribution in [3.05, 3.63) is 52.2 Å². The molecule has 7 heteroatoms. The molecule has 2 fully saturated rings. The maximum atomic E-state index is 13.3. The molecule has 0 spiro atoms. The fraction of sp³-hybridized carbons (Fsp3) is 0.450. The highest BCUT2D eigenvalue weighted by Crippen LogP contribution is 2.38. The number of benzene rings is 1. The Balaban J connectivity index is 1.26. The highest BCUT2D eigenvalue weighted by atomic mass is 19.1. The Bertz CT molecular complexity index is 1030. The Kier molecular flexibility index (Phi) is 3.95. The summed E-state index contributed by atoms with van der Waals surface area (Å²) in [5.74, 6) is 0.637. The molecule has 3 heterocycles. The van der Waals surface area contributed by atoms with Gasteiger partial charge in [-0.1, -0.05) is 0 Å². The number of hydrogen-bond donors (Lipinski definition) is 0. The molecule has 2 aliphatic rings. The minimum absolute atomic E-state index is 0.0252. The summed E-state index contributed by atoms with van der Waals surface area (Å²) in [4.78, 5) is 18.6. The second-order valence-electron chi connectivity index (χ2n) is 7.59. The Morgan fingerprint density at radius 1 is 1.11 bits per heavy atom. The molecular weight excluding hydrogens is 347 g/mol. The average molecular weight is 368 g/mol. The molecule has 0 N–H and O–H groups in total. The molecule has 1 aromatic carbocycles. The molecule has 0 amide bonds.